The molecule has 0 atom stereocenters. The number of carbonyl (C=O) groups excluding carboxylic acids is 1. The van der Waals surface area contributed by atoms with Crippen LogP contribution >= 0.6 is 43.2 Å². The van der Waals surface area contributed by atoms with Gasteiger partial charge in [0, 0.05) is 19.9 Å². The molecular weight excluding hydrogens is 472 g/mol. The molecule has 3 rings (SSSR count). The zero-order valence-electron chi connectivity index (χ0n) is 12.7. The van der Waals surface area contributed by atoms with E-state index in [4.69, 9.17) is 4.74 Å². The lowest BCUT2D eigenvalue weighted by Crippen LogP contribution is -2.33. The van der Waals surface area contributed by atoms with Crippen LogP contribution in [0.4, 0.5) is 0 Å². The Kier molecular flexibility index (Phi) is 5.72. The van der Waals surface area contributed by atoms with Gasteiger partial charge in [0.15, 0.2) is 6.61 Å². The predicted octanol–water partition coefficient (Wildman–Crippen LogP) is 4.25. The van der Waals surface area contributed by atoms with Gasteiger partial charge in [-0.3, -0.25) is 15.0 Å². The van der Waals surface area contributed by atoms with Gasteiger partial charge >= 0.3 is 4.87 Å². The van der Waals surface area contributed by atoms with E-state index in [9.17, 15) is 9.59 Å². The minimum Gasteiger partial charge on any atom is -0.484 e. The van der Waals surface area contributed by atoms with Crippen molar-refractivity contribution < 1.29 is 9.53 Å². The molecule has 1 amide bonds. The number of nitrogens with one attached hydrogen (secondary N) is 1. The zero-order chi connectivity index (χ0) is 17.8. The third kappa shape index (κ3) is 4.59. The smallest absolute Gasteiger partial charge is 0.326 e. The van der Waals surface area contributed by atoms with Gasteiger partial charge in [0.25, 0.3) is 5.91 Å². The average molecular weight is 484 g/mol. The Morgan fingerprint density at radius 2 is 1.64 bits per heavy atom. The molecule has 0 aliphatic heterocycles. The standard InChI is InChI=1S/C17H12Br2N2O3S/c18-12-3-1-11(2-4-12)15-10-25-17(23)21(15)20-16(22)9-24-14-7-5-13(19)6-8-14/h1-8,10H,9H2,(H,20,22). The van der Waals surface area contributed by atoms with E-state index in [1.165, 1.54) is 4.68 Å². The lowest BCUT2D eigenvalue weighted by molar-refractivity contribution is -0.119. The molecule has 0 fully saturated rings. The molecule has 2 aromatic carbocycles. The number of hydrogen-bond donors (Lipinski definition) is 1. The summed E-state index contributed by atoms with van der Waals surface area (Å²) >= 11 is 7.73. The Morgan fingerprint density at radius 3 is 2.28 bits per heavy atom. The second kappa shape index (κ2) is 7.99. The first-order valence-electron chi connectivity index (χ1n) is 7.17. The highest BCUT2D eigenvalue weighted by atomic mass is 79.9. The van der Waals surface area contributed by atoms with Crippen LogP contribution in [0.15, 0.2) is 67.7 Å². The number of halogens is 2. The first-order chi connectivity index (χ1) is 12.0. The quantitative estimate of drug-likeness (QED) is 0.590. The van der Waals surface area contributed by atoms with Crippen molar-refractivity contribution in [1.29, 1.82) is 0 Å². The molecule has 3 aromatic rings. The number of aromatic nitrogens is 1. The molecular formula is C17H12Br2N2O3S. The molecule has 0 saturated heterocycles. The van der Waals surface area contributed by atoms with Crippen LogP contribution in [0.1, 0.15) is 0 Å². The number of rotatable bonds is 5. The van der Waals surface area contributed by atoms with Crippen molar-refractivity contribution in [2.45, 2.75) is 0 Å². The van der Waals surface area contributed by atoms with Crippen molar-refractivity contribution >= 4 is 49.1 Å². The summed E-state index contributed by atoms with van der Waals surface area (Å²) in [5.74, 6) is 0.158. The normalized spacial score (nSPS) is 10.5. The van der Waals surface area contributed by atoms with Crippen molar-refractivity contribution in [3.63, 3.8) is 0 Å². The lowest BCUT2D eigenvalue weighted by atomic mass is 10.2. The van der Waals surface area contributed by atoms with Crippen LogP contribution in [-0.2, 0) is 4.79 Å². The Labute approximate surface area is 164 Å². The largest absolute Gasteiger partial charge is 0.484 e. The molecule has 25 heavy (non-hydrogen) atoms. The maximum atomic E-state index is 12.1. The molecule has 0 unspecified atom stereocenters. The van der Waals surface area contributed by atoms with Crippen molar-refractivity contribution in [3.05, 3.63) is 72.5 Å². The van der Waals surface area contributed by atoms with Crippen molar-refractivity contribution in [1.82, 2.24) is 4.68 Å². The summed E-state index contributed by atoms with van der Waals surface area (Å²) in [7, 11) is 0. The van der Waals surface area contributed by atoms with Crippen molar-refractivity contribution in [2.24, 2.45) is 0 Å². The van der Waals surface area contributed by atoms with Gasteiger partial charge < -0.3 is 4.74 Å². The summed E-state index contributed by atoms with van der Waals surface area (Å²) in [5, 5.41) is 1.71. The van der Waals surface area contributed by atoms with Crippen LogP contribution in [0.25, 0.3) is 11.3 Å². The molecule has 1 N–H and O–H groups in total. The summed E-state index contributed by atoms with van der Waals surface area (Å²) in [6.07, 6.45) is 0. The van der Waals surface area contributed by atoms with E-state index in [1.54, 1.807) is 17.5 Å². The number of nitrogens with zero attached hydrogens (tertiary/aromatic N) is 1. The van der Waals surface area contributed by atoms with E-state index >= 15 is 0 Å². The zero-order valence-corrected chi connectivity index (χ0v) is 16.7. The first-order valence-corrected chi connectivity index (χ1v) is 9.64. The lowest BCUT2D eigenvalue weighted by Gasteiger charge is -2.10. The van der Waals surface area contributed by atoms with Gasteiger partial charge in [0.2, 0.25) is 0 Å². The summed E-state index contributed by atoms with van der Waals surface area (Å²) in [6.45, 7) is -0.191. The van der Waals surface area contributed by atoms with Crippen LogP contribution in [0.5, 0.6) is 5.75 Å². The number of benzene rings is 2. The number of thiazole rings is 1. The van der Waals surface area contributed by atoms with Crippen molar-refractivity contribution in [2.75, 3.05) is 12.0 Å². The Bertz CT molecular complexity index is 934. The van der Waals surface area contributed by atoms with Gasteiger partial charge in [0.05, 0.1) is 5.69 Å². The molecule has 1 heterocycles. The molecule has 5 nitrogen and oxygen atoms in total. The van der Waals surface area contributed by atoms with Gasteiger partial charge in [0.1, 0.15) is 5.75 Å². The fourth-order valence-corrected chi connectivity index (χ4v) is 3.30. The molecule has 8 heteroatoms. The molecule has 0 radical (unpaired) electrons. The van der Waals surface area contributed by atoms with Crippen LogP contribution in [0.3, 0.4) is 0 Å². The van der Waals surface area contributed by atoms with Gasteiger partial charge in [-0.15, -0.1) is 0 Å². The maximum Gasteiger partial charge on any atom is 0.326 e. The summed E-state index contributed by atoms with van der Waals surface area (Å²) in [6, 6.07) is 14.6. The Hall–Kier alpha value is -1.90. The van der Waals surface area contributed by atoms with Crippen LogP contribution in [0, 0.1) is 0 Å². The summed E-state index contributed by atoms with van der Waals surface area (Å²) < 4.78 is 8.52. The second-order valence-electron chi connectivity index (χ2n) is 5.01. The van der Waals surface area contributed by atoms with E-state index in [2.05, 4.69) is 37.3 Å². The number of carbonyl (C=O) groups is 1. The number of ether oxygens (including phenoxy) is 1. The van der Waals surface area contributed by atoms with Gasteiger partial charge in [-0.05, 0) is 36.4 Å². The van der Waals surface area contributed by atoms with E-state index in [1.807, 2.05) is 36.4 Å². The number of amides is 1. The van der Waals surface area contributed by atoms with E-state index in [0.29, 0.717) is 11.4 Å². The second-order valence-corrected chi connectivity index (χ2v) is 7.66. The third-order valence-corrected chi connectivity index (χ3v) is 5.04. The van der Waals surface area contributed by atoms with Gasteiger partial charge in [-0.2, -0.15) is 0 Å². The highest BCUT2D eigenvalue weighted by Crippen LogP contribution is 2.21. The SMILES string of the molecule is O=C(COc1ccc(Br)cc1)Nn1c(-c2ccc(Br)cc2)csc1=O. The van der Waals surface area contributed by atoms with Crippen LogP contribution < -0.4 is 15.0 Å². The minimum absolute atomic E-state index is 0.191. The molecule has 0 aliphatic rings. The fourth-order valence-electron chi connectivity index (χ4n) is 2.07. The topological polar surface area (TPSA) is 60.3 Å². The molecule has 1 aromatic heterocycles. The van der Waals surface area contributed by atoms with Gasteiger partial charge in [-0.1, -0.05) is 55.3 Å². The average Bonchev–Trinajstić information content (AvgIpc) is 2.96. The summed E-state index contributed by atoms with van der Waals surface area (Å²) in [5.41, 5.74) is 4.04. The Balaban J connectivity index is 1.71. The van der Waals surface area contributed by atoms with E-state index in [0.717, 1.165) is 25.8 Å². The first kappa shape index (κ1) is 17.9. The maximum absolute atomic E-state index is 12.1. The Morgan fingerprint density at radius 1 is 1.04 bits per heavy atom. The van der Waals surface area contributed by atoms with E-state index in [-0.39, 0.29) is 11.5 Å². The number of hydrogen-bond acceptors (Lipinski definition) is 4. The molecule has 128 valence electrons. The molecule has 0 aliphatic carbocycles. The highest BCUT2D eigenvalue weighted by Gasteiger charge is 2.12. The van der Waals surface area contributed by atoms with Crippen molar-refractivity contribution in [3.8, 4) is 17.0 Å². The molecule has 0 spiro atoms. The molecule has 0 bridgehead atoms. The third-order valence-electron chi connectivity index (χ3n) is 3.25. The van der Waals surface area contributed by atoms with Crippen LogP contribution in [-0.4, -0.2) is 17.2 Å². The predicted molar refractivity (Wildman–Crippen MR) is 106 cm³/mol. The minimum atomic E-state index is -0.415. The highest BCUT2D eigenvalue weighted by molar-refractivity contribution is 9.10. The van der Waals surface area contributed by atoms with E-state index < -0.39 is 5.91 Å². The summed E-state index contributed by atoms with van der Waals surface area (Å²) in [4.78, 5) is 23.9. The molecule has 0 saturated carbocycles. The van der Waals surface area contributed by atoms with Gasteiger partial charge in [-0.25, -0.2) is 4.68 Å². The monoisotopic (exact) mass is 482 g/mol. The fraction of sp³-hybridized carbons (Fsp3) is 0.0588. The van der Waals surface area contributed by atoms with Crippen LogP contribution in [0.2, 0.25) is 0 Å².